The van der Waals surface area contributed by atoms with Gasteiger partial charge in [-0.3, -0.25) is 9.59 Å². The Hall–Kier alpha value is -3.61. The summed E-state index contributed by atoms with van der Waals surface area (Å²) in [6.45, 7) is 3.63. The van der Waals surface area contributed by atoms with Gasteiger partial charge in [-0.05, 0) is 54.8 Å². The third kappa shape index (κ3) is 4.51. The van der Waals surface area contributed by atoms with E-state index in [4.69, 9.17) is 4.74 Å². The van der Waals surface area contributed by atoms with Crippen LogP contribution in [0.25, 0.3) is 11.1 Å². The number of aliphatic carboxylic acids is 1. The molecule has 1 amide bonds. The van der Waals surface area contributed by atoms with Gasteiger partial charge in [0.25, 0.3) is 5.91 Å². The van der Waals surface area contributed by atoms with Crippen LogP contribution < -0.4 is 10.1 Å². The van der Waals surface area contributed by atoms with Crippen molar-refractivity contribution in [1.29, 1.82) is 0 Å². The monoisotopic (exact) mass is 410 g/mol. The van der Waals surface area contributed by atoms with E-state index in [1.165, 1.54) is 19.1 Å². The van der Waals surface area contributed by atoms with Crippen molar-refractivity contribution in [2.75, 3.05) is 7.11 Å². The molecule has 156 valence electrons. The highest BCUT2D eigenvalue weighted by Crippen LogP contribution is 2.31. The van der Waals surface area contributed by atoms with Crippen molar-refractivity contribution >= 4 is 11.9 Å². The zero-order chi connectivity index (χ0) is 21.8. The number of carboxylic acids is 1. The fraction of sp³-hybridized carbons (Fsp3) is 0.217. The van der Waals surface area contributed by atoms with Gasteiger partial charge in [0.05, 0.1) is 7.11 Å². The first-order valence-corrected chi connectivity index (χ1v) is 9.42. The summed E-state index contributed by atoms with van der Waals surface area (Å²) in [6.07, 6.45) is 1.84. The number of methoxy groups -OCH3 is 1. The summed E-state index contributed by atoms with van der Waals surface area (Å²) in [5, 5.41) is 11.7. The second kappa shape index (κ2) is 8.82. The van der Waals surface area contributed by atoms with Gasteiger partial charge in [0, 0.05) is 18.3 Å². The summed E-state index contributed by atoms with van der Waals surface area (Å²) < 4.78 is 20.2. The molecule has 0 saturated carbocycles. The Labute approximate surface area is 173 Å². The second-order valence-corrected chi connectivity index (χ2v) is 7.05. The number of benzene rings is 2. The number of nitrogens with one attached hydrogen (secondary N) is 1. The lowest BCUT2D eigenvalue weighted by Crippen LogP contribution is -2.39. The van der Waals surface area contributed by atoms with Crippen molar-refractivity contribution in [2.45, 2.75) is 26.4 Å². The van der Waals surface area contributed by atoms with Crippen LogP contribution >= 0.6 is 0 Å². The van der Waals surface area contributed by atoms with Gasteiger partial charge in [-0.2, -0.15) is 0 Å². The molecule has 6 nitrogen and oxygen atoms in total. The Bertz CT molecular complexity index is 1060. The first-order chi connectivity index (χ1) is 14.3. The predicted octanol–water partition coefficient (Wildman–Crippen LogP) is 3.86. The number of ether oxygens (including phenoxy) is 1. The van der Waals surface area contributed by atoms with Crippen LogP contribution in [0.2, 0.25) is 0 Å². The number of carbonyl (C=O) groups is 2. The SMILES string of the molecule is COc1ccc(-c2c(C)cn(Cc3ccc(F)cc3)c2C(=O)NC(C)C(=O)O)cc1. The average Bonchev–Trinajstić information content (AvgIpc) is 3.05. The van der Waals surface area contributed by atoms with E-state index >= 15 is 0 Å². The average molecular weight is 410 g/mol. The highest BCUT2D eigenvalue weighted by Gasteiger charge is 2.24. The topological polar surface area (TPSA) is 80.6 Å². The lowest BCUT2D eigenvalue weighted by atomic mass is 10.0. The molecule has 0 aliphatic carbocycles. The molecule has 7 heteroatoms. The van der Waals surface area contributed by atoms with Crippen LogP contribution in [0.1, 0.15) is 28.5 Å². The molecule has 1 aromatic heterocycles. The van der Waals surface area contributed by atoms with Crippen LogP contribution in [0.5, 0.6) is 5.75 Å². The first kappa shape index (κ1) is 21.1. The van der Waals surface area contributed by atoms with E-state index in [9.17, 15) is 19.1 Å². The summed E-state index contributed by atoms with van der Waals surface area (Å²) in [5.74, 6) is -1.27. The largest absolute Gasteiger partial charge is 0.497 e. The highest BCUT2D eigenvalue weighted by molar-refractivity contribution is 6.02. The molecule has 3 aromatic rings. The zero-order valence-corrected chi connectivity index (χ0v) is 17.0. The van der Waals surface area contributed by atoms with E-state index in [1.54, 1.807) is 35.9 Å². The molecule has 0 saturated heterocycles. The minimum absolute atomic E-state index is 0.335. The van der Waals surface area contributed by atoms with Gasteiger partial charge in [-0.1, -0.05) is 24.3 Å². The van der Waals surface area contributed by atoms with Crippen LogP contribution in [0, 0.1) is 12.7 Å². The van der Waals surface area contributed by atoms with Crippen molar-refractivity contribution in [1.82, 2.24) is 9.88 Å². The normalized spacial score (nSPS) is 11.7. The van der Waals surface area contributed by atoms with Gasteiger partial charge in [0.1, 0.15) is 23.3 Å². The molecular formula is C23H23FN2O4. The molecule has 0 radical (unpaired) electrons. The van der Waals surface area contributed by atoms with E-state index in [1.807, 2.05) is 25.3 Å². The summed E-state index contributed by atoms with van der Waals surface area (Å²) in [5.41, 5.74) is 3.52. The van der Waals surface area contributed by atoms with Gasteiger partial charge in [-0.15, -0.1) is 0 Å². The number of hydrogen-bond acceptors (Lipinski definition) is 3. The first-order valence-electron chi connectivity index (χ1n) is 9.42. The fourth-order valence-electron chi connectivity index (χ4n) is 3.30. The zero-order valence-electron chi connectivity index (χ0n) is 17.0. The van der Waals surface area contributed by atoms with Gasteiger partial charge < -0.3 is 19.7 Å². The van der Waals surface area contributed by atoms with Gasteiger partial charge >= 0.3 is 5.97 Å². The molecule has 0 aliphatic heterocycles. The van der Waals surface area contributed by atoms with Crippen molar-refractivity contribution < 1.29 is 23.8 Å². The number of halogens is 1. The number of aromatic nitrogens is 1. The van der Waals surface area contributed by atoms with E-state index in [0.717, 1.165) is 16.7 Å². The number of carbonyl (C=O) groups excluding carboxylic acids is 1. The van der Waals surface area contributed by atoms with E-state index in [-0.39, 0.29) is 5.82 Å². The minimum Gasteiger partial charge on any atom is -0.497 e. The third-order valence-corrected chi connectivity index (χ3v) is 4.85. The third-order valence-electron chi connectivity index (χ3n) is 4.85. The van der Waals surface area contributed by atoms with Crippen LogP contribution in [-0.4, -0.2) is 34.7 Å². The van der Waals surface area contributed by atoms with Crippen molar-refractivity contribution in [3.05, 3.63) is 77.4 Å². The smallest absolute Gasteiger partial charge is 0.325 e. The Kier molecular flexibility index (Phi) is 6.20. The number of rotatable bonds is 7. The van der Waals surface area contributed by atoms with Crippen LogP contribution in [0.15, 0.2) is 54.7 Å². The van der Waals surface area contributed by atoms with Crippen molar-refractivity contribution in [3.8, 4) is 16.9 Å². The molecule has 2 N–H and O–H groups in total. The van der Waals surface area contributed by atoms with E-state index < -0.39 is 17.9 Å². The molecule has 0 fully saturated rings. The van der Waals surface area contributed by atoms with Gasteiger partial charge in [-0.25, -0.2) is 4.39 Å². The Balaban J connectivity index is 2.08. The van der Waals surface area contributed by atoms with E-state index in [0.29, 0.717) is 23.6 Å². The maximum atomic E-state index is 13.3. The minimum atomic E-state index is -1.12. The molecule has 1 heterocycles. The lowest BCUT2D eigenvalue weighted by Gasteiger charge is -2.15. The molecule has 2 aromatic carbocycles. The number of hydrogen-bond donors (Lipinski definition) is 2. The maximum Gasteiger partial charge on any atom is 0.325 e. The second-order valence-electron chi connectivity index (χ2n) is 7.05. The number of aryl methyl sites for hydroxylation is 1. The Morgan fingerprint density at radius 2 is 1.77 bits per heavy atom. The lowest BCUT2D eigenvalue weighted by molar-refractivity contribution is -0.138. The molecule has 1 unspecified atom stereocenters. The molecule has 0 bridgehead atoms. The molecular weight excluding hydrogens is 387 g/mol. The fourth-order valence-corrected chi connectivity index (χ4v) is 3.30. The van der Waals surface area contributed by atoms with Crippen LogP contribution in [0.3, 0.4) is 0 Å². The molecule has 30 heavy (non-hydrogen) atoms. The van der Waals surface area contributed by atoms with Crippen LogP contribution in [-0.2, 0) is 11.3 Å². The highest BCUT2D eigenvalue weighted by atomic mass is 19.1. The summed E-state index contributed by atoms with van der Waals surface area (Å²) >= 11 is 0. The molecule has 3 rings (SSSR count). The van der Waals surface area contributed by atoms with Gasteiger partial charge in [0.15, 0.2) is 0 Å². The van der Waals surface area contributed by atoms with Crippen molar-refractivity contribution in [2.24, 2.45) is 0 Å². The van der Waals surface area contributed by atoms with Gasteiger partial charge in [0.2, 0.25) is 0 Å². The number of nitrogens with zero attached hydrogens (tertiary/aromatic N) is 1. The Morgan fingerprint density at radius 3 is 2.33 bits per heavy atom. The summed E-state index contributed by atoms with van der Waals surface area (Å²) in [7, 11) is 1.57. The predicted molar refractivity (Wildman–Crippen MR) is 111 cm³/mol. The quantitative estimate of drug-likeness (QED) is 0.620. The number of carboxylic acid groups (broad SMARTS) is 1. The molecule has 0 spiro atoms. The standard InChI is InChI=1S/C23H23FN2O4/c1-14-12-26(13-16-4-8-18(24)9-5-16)21(22(27)25-15(2)23(28)29)20(14)17-6-10-19(30-3)11-7-17/h4-12,15H,13H2,1-3H3,(H,25,27)(H,28,29). The molecule has 1 atom stereocenters. The Morgan fingerprint density at radius 1 is 1.13 bits per heavy atom. The maximum absolute atomic E-state index is 13.3. The summed E-state index contributed by atoms with van der Waals surface area (Å²) in [4.78, 5) is 24.3. The molecule has 0 aliphatic rings. The number of amides is 1. The van der Waals surface area contributed by atoms with Crippen molar-refractivity contribution in [3.63, 3.8) is 0 Å². The summed E-state index contributed by atoms with van der Waals surface area (Å²) in [6, 6.07) is 12.3. The van der Waals surface area contributed by atoms with Crippen LogP contribution in [0.4, 0.5) is 4.39 Å². The van der Waals surface area contributed by atoms with E-state index in [2.05, 4.69) is 5.32 Å².